The third-order valence-electron chi connectivity index (χ3n) is 4.05. The molecule has 0 spiro atoms. The maximum Gasteiger partial charge on any atom is 0.261 e. The van der Waals surface area contributed by atoms with E-state index in [-0.39, 0.29) is 11.9 Å². The Kier molecular flexibility index (Phi) is 7.07. The molecule has 0 saturated heterocycles. The monoisotopic (exact) mass is 355 g/mol. The molecule has 0 bridgehead atoms. The molecule has 0 aliphatic carbocycles. The fourth-order valence-corrected chi connectivity index (χ4v) is 2.72. The highest BCUT2D eigenvalue weighted by molar-refractivity contribution is 5.81. The van der Waals surface area contributed by atoms with Crippen LogP contribution in [0.3, 0.4) is 0 Å². The molecular weight excluding hydrogens is 326 g/mol. The lowest BCUT2D eigenvalue weighted by Gasteiger charge is -2.21. The summed E-state index contributed by atoms with van der Waals surface area (Å²) in [5, 5.41) is 2.97. The summed E-state index contributed by atoms with van der Waals surface area (Å²) in [6.45, 7) is 10.4. The van der Waals surface area contributed by atoms with Crippen molar-refractivity contribution < 1.29 is 14.3 Å². The Hall–Kier alpha value is -2.49. The highest BCUT2D eigenvalue weighted by atomic mass is 16.5. The van der Waals surface area contributed by atoms with Gasteiger partial charge in [0.25, 0.3) is 5.91 Å². The summed E-state index contributed by atoms with van der Waals surface area (Å²) in [5.41, 5.74) is 3.43. The van der Waals surface area contributed by atoms with Crippen molar-refractivity contribution in [3.8, 4) is 11.5 Å². The van der Waals surface area contributed by atoms with Crippen LogP contribution in [-0.4, -0.2) is 24.7 Å². The largest absolute Gasteiger partial charge is 0.491 e. The lowest BCUT2D eigenvalue weighted by Crippen LogP contribution is -2.44. The summed E-state index contributed by atoms with van der Waals surface area (Å²) in [4.78, 5) is 12.5. The minimum atomic E-state index is -0.516. The van der Waals surface area contributed by atoms with Crippen LogP contribution in [0.15, 0.2) is 42.5 Å². The van der Waals surface area contributed by atoms with Gasteiger partial charge in [0.05, 0.1) is 6.04 Å². The highest BCUT2D eigenvalue weighted by Crippen LogP contribution is 2.18. The molecule has 0 saturated carbocycles. The van der Waals surface area contributed by atoms with Crippen LogP contribution in [0.5, 0.6) is 11.5 Å². The van der Waals surface area contributed by atoms with Gasteiger partial charge in [0, 0.05) is 0 Å². The van der Waals surface area contributed by atoms with Crippen LogP contribution in [0.4, 0.5) is 0 Å². The molecular formula is C22H29NO3. The van der Waals surface area contributed by atoms with E-state index in [1.807, 2.05) is 71.0 Å². The summed E-state index contributed by atoms with van der Waals surface area (Å²) >= 11 is 0. The van der Waals surface area contributed by atoms with E-state index < -0.39 is 6.10 Å². The molecule has 2 rings (SSSR count). The lowest BCUT2D eigenvalue weighted by atomic mass is 10.1. The molecule has 1 N–H and O–H groups in total. The van der Waals surface area contributed by atoms with E-state index >= 15 is 0 Å². The van der Waals surface area contributed by atoms with Gasteiger partial charge in [-0.3, -0.25) is 4.79 Å². The topological polar surface area (TPSA) is 47.6 Å². The molecule has 26 heavy (non-hydrogen) atoms. The zero-order chi connectivity index (χ0) is 19.1. The Labute approximate surface area is 156 Å². The summed E-state index contributed by atoms with van der Waals surface area (Å²) in [5.74, 6) is 1.41. The van der Waals surface area contributed by atoms with Crippen molar-refractivity contribution in [2.24, 2.45) is 0 Å². The van der Waals surface area contributed by atoms with Crippen molar-refractivity contribution in [2.45, 2.75) is 53.2 Å². The average Bonchev–Trinajstić information content (AvgIpc) is 2.58. The van der Waals surface area contributed by atoms with Gasteiger partial charge in [-0.2, -0.15) is 0 Å². The minimum absolute atomic E-state index is 0.110. The molecule has 0 radical (unpaired) electrons. The Balaban J connectivity index is 1.87. The summed E-state index contributed by atoms with van der Waals surface area (Å²) in [7, 11) is 0. The number of rotatable bonds is 8. The molecule has 140 valence electrons. The maximum absolute atomic E-state index is 12.5. The molecule has 2 unspecified atom stereocenters. The fourth-order valence-electron chi connectivity index (χ4n) is 2.72. The Bertz CT molecular complexity index is 704. The van der Waals surface area contributed by atoms with Gasteiger partial charge < -0.3 is 14.8 Å². The number of hydrogen-bond donors (Lipinski definition) is 1. The fraction of sp³-hybridized carbons (Fsp3) is 0.409. The van der Waals surface area contributed by atoms with Gasteiger partial charge in [-0.15, -0.1) is 0 Å². The van der Waals surface area contributed by atoms with E-state index in [2.05, 4.69) is 11.4 Å². The van der Waals surface area contributed by atoms with Crippen molar-refractivity contribution in [1.82, 2.24) is 5.32 Å². The molecule has 0 aliphatic heterocycles. The molecule has 0 fully saturated rings. The first kappa shape index (κ1) is 19.8. The predicted molar refractivity (Wildman–Crippen MR) is 105 cm³/mol. The lowest BCUT2D eigenvalue weighted by molar-refractivity contribution is -0.128. The molecule has 4 heteroatoms. The van der Waals surface area contributed by atoms with Crippen LogP contribution in [0.1, 0.15) is 37.0 Å². The molecule has 0 heterocycles. The number of aryl methyl sites for hydroxylation is 3. The average molecular weight is 355 g/mol. The van der Waals surface area contributed by atoms with Crippen molar-refractivity contribution in [1.29, 1.82) is 0 Å². The number of amides is 1. The number of nitrogens with one attached hydrogen (secondary N) is 1. The van der Waals surface area contributed by atoms with Gasteiger partial charge in [0.1, 0.15) is 18.1 Å². The summed E-state index contributed by atoms with van der Waals surface area (Å²) in [6, 6.07) is 13.7. The van der Waals surface area contributed by atoms with Crippen LogP contribution >= 0.6 is 0 Å². The van der Waals surface area contributed by atoms with Crippen LogP contribution < -0.4 is 14.8 Å². The van der Waals surface area contributed by atoms with E-state index in [4.69, 9.17) is 9.47 Å². The standard InChI is InChI=1S/C22H29NO3/c1-6-21(26-20-12-16(3)11-17(4)13-20)22(24)23-18(5)14-25-19-9-7-15(2)8-10-19/h7-13,18,21H,6,14H2,1-5H3,(H,23,24). The third kappa shape index (κ3) is 6.10. The van der Waals surface area contributed by atoms with Crippen LogP contribution in [0.25, 0.3) is 0 Å². The quantitative estimate of drug-likeness (QED) is 0.766. The zero-order valence-corrected chi connectivity index (χ0v) is 16.3. The van der Waals surface area contributed by atoms with Crippen LogP contribution in [0.2, 0.25) is 0 Å². The third-order valence-corrected chi connectivity index (χ3v) is 4.05. The number of ether oxygens (including phenoxy) is 2. The van der Waals surface area contributed by atoms with E-state index in [0.717, 1.165) is 22.6 Å². The van der Waals surface area contributed by atoms with Gasteiger partial charge in [0.15, 0.2) is 6.10 Å². The second-order valence-corrected chi connectivity index (χ2v) is 6.87. The minimum Gasteiger partial charge on any atom is -0.491 e. The molecule has 2 aromatic carbocycles. The first-order valence-electron chi connectivity index (χ1n) is 9.12. The molecule has 4 nitrogen and oxygen atoms in total. The Morgan fingerprint density at radius 3 is 2.15 bits per heavy atom. The number of carbonyl (C=O) groups excluding carboxylic acids is 1. The van der Waals surface area contributed by atoms with Gasteiger partial charge >= 0.3 is 0 Å². The second-order valence-electron chi connectivity index (χ2n) is 6.87. The molecule has 2 aromatic rings. The highest BCUT2D eigenvalue weighted by Gasteiger charge is 2.20. The molecule has 0 aliphatic rings. The van der Waals surface area contributed by atoms with Crippen LogP contribution in [0, 0.1) is 20.8 Å². The molecule has 0 aromatic heterocycles. The Morgan fingerprint density at radius 2 is 1.58 bits per heavy atom. The van der Waals surface area contributed by atoms with E-state index in [1.165, 1.54) is 5.56 Å². The van der Waals surface area contributed by atoms with E-state index in [9.17, 15) is 4.79 Å². The van der Waals surface area contributed by atoms with E-state index in [1.54, 1.807) is 0 Å². The van der Waals surface area contributed by atoms with Gasteiger partial charge in [-0.05, 0) is 69.5 Å². The van der Waals surface area contributed by atoms with Crippen molar-refractivity contribution in [3.05, 3.63) is 59.2 Å². The van der Waals surface area contributed by atoms with E-state index in [0.29, 0.717) is 13.0 Å². The first-order chi connectivity index (χ1) is 12.4. The summed E-state index contributed by atoms with van der Waals surface area (Å²) < 4.78 is 11.6. The zero-order valence-electron chi connectivity index (χ0n) is 16.3. The van der Waals surface area contributed by atoms with Crippen molar-refractivity contribution >= 4 is 5.91 Å². The predicted octanol–water partition coefficient (Wildman–Crippen LogP) is 4.35. The normalized spacial score (nSPS) is 13.0. The smallest absolute Gasteiger partial charge is 0.261 e. The molecule has 1 amide bonds. The summed E-state index contributed by atoms with van der Waals surface area (Å²) in [6.07, 6.45) is 0.0858. The number of hydrogen-bond acceptors (Lipinski definition) is 3. The number of carbonyl (C=O) groups is 1. The van der Waals surface area contributed by atoms with Crippen molar-refractivity contribution in [3.63, 3.8) is 0 Å². The van der Waals surface area contributed by atoms with Gasteiger partial charge in [0.2, 0.25) is 0 Å². The SMILES string of the molecule is CCC(Oc1cc(C)cc(C)c1)C(=O)NC(C)COc1ccc(C)cc1. The second kappa shape index (κ2) is 9.27. The van der Waals surface area contributed by atoms with Crippen LogP contribution in [-0.2, 0) is 4.79 Å². The first-order valence-corrected chi connectivity index (χ1v) is 9.12. The van der Waals surface area contributed by atoms with Crippen molar-refractivity contribution in [2.75, 3.05) is 6.61 Å². The van der Waals surface area contributed by atoms with Gasteiger partial charge in [-0.1, -0.05) is 30.7 Å². The molecule has 2 atom stereocenters. The Morgan fingerprint density at radius 1 is 0.962 bits per heavy atom. The number of benzene rings is 2. The van der Waals surface area contributed by atoms with Gasteiger partial charge in [-0.25, -0.2) is 0 Å². The maximum atomic E-state index is 12.5.